The Kier molecular flexibility index (Phi) is 4.17. The van der Waals surface area contributed by atoms with Crippen LogP contribution in [-0.2, 0) is 13.2 Å². The molecule has 2 aromatic carbocycles. The topological polar surface area (TPSA) is 94.3 Å². The lowest BCUT2D eigenvalue weighted by molar-refractivity contribution is -0.384. The van der Waals surface area contributed by atoms with Gasteiger partial charge in [-0.2, -0.15) is 5.10 Å². The van der Waals surface area contributed by atoms with Gasteiger partial charge in [0.05, 0.1) is 17.0 Å². The lowest BCUT2D eigenvalue weighted by Gasteiger charge is -2.05. The molecule has 0 radical (unpaired) electrons. The molecule has 2 heterocycles. The Bertz CT molecular complexity index is 1150. The number of halogens is 1. The molecule has 0 bridgehead atoms. The minimum absolute atomic E-state index is 0.0804. The largest absolute Gasteiger partial charge is 0.457 e. The predicted octanol–water partition coefficient (Wildman–Crippen LogP) is 3.88. The van der Waals surface area contributed by atoms with Crippen molar-refractivity contribution in [1.82, 2.24) is 9.78 Å². The summed E-state index contributed by atoms with van der Waals surface area (Å²) in [5.41, 5.74) is 1.37. The number of furan rings is 1. The third-order valence-electron chi connectivity index (χ3n) is 4.27. The third kappa shape index (κ3) is 3.06. The van der Waals surface area contributed by atoms with Gasteiger partial charge in [-0.3, -0.25) is 14.8 Å². The third-order valence-corrected chi connectivity index (χ3v) is 4.27. The van der Waals surface area contributed by atoms with Crippen molar-refractivity contribution in [2.45, 2.75) is 13.2 Å². The molecular formula is C19H14FN3O4. The molecule has 0 aliphatic carbocycles. The molecule has 0 aliphatic rings. The number of nitrogens with zero attached hydrogens (tertiary/aromatic N) is 3. The molecule has 1 N–H and O–H groups in total. The van der Waals surface area contributed by atoms with Crippen molar-refractivity contribution in [3.63, 3.8) is 0 Å². The van der Waals surface area contributed by atoms with Gasteiger partial charge in [0, 0.05) is 23.1 Å². The van der Waals surface area contributed by atoms with Crippen LogP contribution in [0.5, 0.6) is 0 Å². The standard InChI is InChI=1S/C19H14FN3O4/c20-16-4-2-1-3-12(16)10-22-17-7-5-13(23(25)26)9-15(17)19(21-22)18-8-6-14(11-24)27-18/h1-9,24H,10-11H2. The molecule has 0 amide bonds. The first-order valence-electron chi connectivity index (χ1n) is 8.15. The number of aromatic nitrogens is 2. The Balaban J connectivity index is 1.89. The quantitative estimate of drug-likeness (QED) is 0.427. The minimum atomic E-state index is -0.487. The number of nitro benzene ring substituents is 1. The second-order valence-electron chi connectivity index (χ2n) is 5.98. The van der Waals surface area contributed by atoms with Crippen LogP contribution >= 0.6 is 0 Å². The molecule has 2 aromatic heterocycles. The van der Waals surface area contributed by atoms with Crippen molar-refractivity contribution in [1.29, 1.82) is 0 Å². The Morgan fingerprint density at radius 1 is 1.19 bits per heavy atom. The Labute approximate surface area is 152 Å². The van der Waals surface area contributed by atoms with Crippen LogP contribution in [0.3, 0.4) is 0 Å². The van der Waals surface area contributed by atoms with Crippen LogP contribution in [0, 0.1) is 15.9 Å². The van der Waals surface area contributed by atoms with Gasteiger partial charge in [0.1, 0.15) is 23.9 Å². The van der Waals surface area contributed by atoms with Crippen molar-refractivity contribution >= 4 is 16.6 Å². The number of rotatable bonds is 5. The molecule has 0 unspecified atom stereocenters. The fourth-order valence-electron chi connectivity index (χ4n) is 2.96. The molecule has 7 nitrogen and oxygen atoms in total. The molecular weight excluding hydrogens is 353 g/mol. The smallest absolute Gasteiger partial charge is 0.270 e. The summed E-state index contributed by atoms with van der Waals surface area (Å²) in [6, 6.07) is 14.0. The van der Waals surface area contributed by atoms with Crippen LogP contribution in [0.2, 0.25) is 0 Å². The first-order chi connectivity index (χ1) is 13.1. The van der Waals surface area contributed by atoms with Crippen molar-refractivity contribution in [3.8, 4) is 11.5 Å². The van der Waals surface area contributed by atoms with E-state index in [-0.39, 0.29) is 24.7 Å². The maximum absolute atomic E-state index is 14.0. The number of hydrogen-bond acceptors (Lipinski definition) is 5. The molecule has 27 heavy (non-hydrogen) atoms. The number of benzene rings is 2. The summed E-state index contributed by atoms with van der Waals surface area (Å²) in [4.78, 5) is 10.7. The van der Waals surface area contributed by atoms with Crippen molar-refractivity contribution < 1.29 is 18.8 Å². The maximum Gasteiger partial charge on any atom is 0.270 e. The van der Waals surface area contributed by atoms with E-state index in [1.165, 1.54) is 18.2 Å². The molecule has 136 valence electrons. The average molecular weight is 367 g/mol. The van der Waals surface area contributed by atoms with Crippen LogP contribution in [0.1, 0.15) is 11.3 Å². The van der Waals surface area contributed by atoms with E-state index in [1.807, 2.05) is 0 Å². The lowest BCUT2D eigenvalue weighted by Crippen LogP contribution is -2.03. The predicted molar refractivity (Wildman–Crippen MR) is 95.5 cm³/mol. The zero-order valence-corrected chi connectivity index (χ0v) is 14.0. The van der Waals surface area contributed by atoms with E-state index in [4.69, 9.17) is 4.42 Å². The summed E-state index contributed by atoms with van der Waals surface area (Å²) >= 11 is 0. The number of non-ortho nitro benzene ring substituents is 1. The van der Waals surface area contributed by atoms with Gasteiger partial charge in [-0.15, -0.1) is 0 Å². The molecule has 0 fully saturated rings. The maximum atomic E-state index is 14.0. The van der Waals surface area contributed by atoms with Crippen molar-refractivity contribution in [2.24, 2.45) is 0 Å². The number of fused-ring (bicyclic) bond motifs is 1. The van der Waals surface area contributed by atoms with Crippen molar-refractivity contribution in [3.05, 3.63) is 81.9 Å². The minimum Gasteiger partial charge on any atom is -0.457 e. The highest BCUT2D eigenvalue weighted by atomic mass is 19.1. The first-order valence-corrected chi connectivity index (χ1v) is 8.15. The molecule has 8 heteroatoms. The molecule has 0 saturated heterocycles. The Morgan fingerprint density at radius 2 is 2.00 bits per heavy atom. The van der Waals surface area contributed by atoms with Gasteiger partial charge in [-0.1, -0.05) is 18.2 Å². The molecule has 4 aromatic rings. The second-order valence-corrected chi connectivity index (χ2v) is 5.98. The highest BCUT2D eigenvalue weighted by Gasteiger charge is 2.19. The zero-order valence-electron chi connectivity index (χ0n) is 14.0. The lowest BCUT2D eigenvalue weighted by atomic mass is 10.1. The summed E-state index contributed by atoms with van der Waals surface area (Å²) < 4.78 is 21.2. The number of nitro groups is 1. The van der Waals surface area contributed by atoms with Crippen LogP contribution in [0.25, 0.3) is 22.4 Å². The van der Waals surface area contributed by atoms with Crippen LogP contribution < -0.4 is 0 Å². The Morgan fingerprint density at radius 3 is 2.70 bits per heavy atom. The molecule has 0 aliphatic heterocycles. The fourth-order valence-corrected chi connectivity index (χ4v) is 2.96. The SMILES string of the molecule is O=[N+]([O-])c1ccc2c(c1)c(-c1ccc(CO)o1)nn2Cc1ccccc1F. The average Bonchev–Trinajstić information content (AvgIpc) is 3.28. The van der Waals surface area contributed by atoms with Gasteiger partial charge in [0.25, 0.3) is 5.69 Å². The molecule has 0 spiro atoms. The van der Waals surface area contributed by atoms with Gasteiger partial charge >= 0.3 is 0 Å². The monoisotopic (exact) mass is 367 g/mol. The normalized spacial score (nSPS) is 11.2. The number of aliphatic hydroxyl groups excluding tert-OH is 1. The van der Waals surface area contributed by atoms with Gasteiger partial charge in [-0.05, 0) is 24.3 Å². The van der Waals surface area contributed by atoms with Gasteiger partial charge in [-0.25, -0.2) is 4.39 Å². The van der Waals surface area contributed by atoms with Crippen LogP contribution in [0.15, 0.2) is 59.0 Å². The molecule has 4 rings (SSSR count). The van der Waals surface area contributed by atoms with Crippen molar-refractivity contribution in [2.75, 3.05) is 0 Å². The highest BCUT2D eigenvalue weighted by Crippen LogP contribution is 2.32. The van der Waals surface area contributed by atoms with Gasteiger partial charge in [0.15, 0.2) is 5.76 Å². The highest BCUT2D eigenvalue weighted by molar-refractivity contribution is 5.93. The van der Waals surface area contributed by atoms with E-state index in [9.17, 15) is 19.6 Å². The Hall–Kier alpha value is -3.52. The van der Waals surface area contributed by atoms with E-state index in [0.29, 0.717) is 33.7 Å². The molecule has 0 atom stereocenters. The summed E-state index contributed by atoms with van der Waals surface area (Å²) in [6.07, 6.45) is 0. The van der Waals surface area contributed by atoms with Crippen LogP contribution in [-0.4, -0.2) is 19.8 Å². The number of hydrogen-bond donors (Lipinski definition) is 1. The van der Waals surface area contributed by atoms with E-state index in [0.717, 1.165) is 0 Å². The summed E-state index contributed by atoms with van der Waals surface area (Å²) in [6.45, 7) is -0.109. The summed E-state index contributed by atoms with van der Waals surface area (Å²) in [7, 11) is 0. The van der Waals surface area contributed by atoms with E-state index in [2.05, 4.69) is 5.10 Å². The zero-order chi connectivity index (χ0) is 19.0. The summed E-state index contributed by atoms with van der Waals surface area (Å²) in [5, 5.41) is 25.4. The molecule has 0 saturated carbocycles. The van der Waals surface area contributed by atoms with Gasteiger partial charge in [0.2, 0.25) is 0 Å². The van der Waals surface area contributed by atoms with Crippen LogP contribution in [0.4, 0.5) is 10.1 Å². The van der Waals surface area contributed by atoms with E-state index in [1.54, 1.807) is 41.1 Å². The first kappa shape index (κ1) is 16.9. The van der Waals surface area contributed by atoms with Gasteiger partial charge < -0.3 is 9.52 Å². The number of aliphatic hydroxyl groups is 1. The van der Waals surface area contributed by atoms with E-state index < -0.39 is 4.92 Å². The van der Waals surface area contributed by atoms with E-state index >= 15 is 0 Å². The summed E-state index contributed by atoms with van der Waals surface area (Å²) in [5.74, 6) is 0.370. The second kappa shape index (κ2) is 6.65. The fraction of sp³-hybridized carbons (Fsp3) is 0.105.